The first-order valence-electron chi connectivity index (χ1n) is 10.1. The molecule has 1 amide bonds. The molecule has 0 bridgehead atoms. The van der Waals surface area contributed by atoms with Crippen LogP contribution in [0.25, 0.3) is 22.0 Å². The number of thiazole rings is 1. The number of benzene rings is 2. The first-order valence-corrected chi connectivity index (χ1v) is 10.9. The zero-order chi connectivity index (χ0) is 21.6. The van der Waals surface area contributed by atoms with Crippen LogP contribution in [-0.2, 0) is 11.8 Å². The summed E-state index contributed by atoms with van der Waals surface area (Å²) in [6.07, 6.45) is 4.65. The molecule has 0 atom stereocenters. The summed E-state index contributed by atoms with van der Waals surface area (Å²) < 4.78 is 7.68. The molecule has 0 unspecified atom stereocenters. The van der Waals surface area contributed by atoms with Gasteiger partial charge in [-0.05, 0) is 31.0 Å². The first kappa shape index (κ1) is 20.8. The molecule has 31 heavy (non-hydrogen) atoms. The van der Waals surface area contributed by atoms with Crippen LogP contribution in [0.3, 0.4) is 0 Å². The Hall–Kier alpha value is -3.45. The first-order chi connectivity index (χ1) is 15.1. The van der Waals surface area contributed by atoms with Crippen molar-refractivity contribution in [2.24, 2.45) is 7.05 Å². The quantitative estimate of drug-likeness (QED) is 0.383. The van der Waals surface area contributed by atoms with Crippen molar-refractivity contribution in [3.05, 3.63) is 72.6 Å². The fourth-order valence-corrected chi connectivity index (χ4v) is 4.25. The van der Waals surface area contributed by atoms with E-state index in [4.69, 9.17) is 9.72 Å². The molecule has 2 aromatic carbocycles. The van der Waals surface area contributed by atoms with Crippen molar-refractivity contribution in [2.75, 3.05) is 11.9 Å². The van der Waals surface area contributed by atoms with Gasteiger partial charge >= 0.3 is 0 Å². The SMILES string of the molecule is Cc1cccc(OCCCC(=O)Nc2nc(-c3ccccc3)c(-c3nccn3C)s2)c1. The predicted molar refractivity (Wildman–Crippen MR) is 124 cm³/mol. The average molecular weight is 433 g/mol. The van der Waals surface area contributed by atoms with E-state index >= 15 is 0 Å². The maximum absolute atomic E-state index is 12.5. The number of imidazole rings is 1. The fourth-order valence-electron chi connectivity index (χ4n) is 3.21. The van der Waals surface area contributed by atoms with Gasteiger partial charge in [-0.1, -0.05) is 53.8 Å². The molecule has 0 radical (unpaired) electrons. The highest BCUT2D eigenvalue weighted by Gasteiger charge is 2.19. The fraction of sp³-hybridized carbons (Fsp3) is 0.208. The van der Waals surface area contributed by atoms with Crippen molar-refractivity contribution < 1.29 is 9.53 Å². The second-order valence-corrected chi connectivity index (χ2v) is 8.24. The number of nitrogens with one attached hydrogen (secondary N) is 1. The molecule has 4 rings (SSSR count). The Balaban J connectivity index is 1.42. The lowest BCUT2D eigenvalue weighted by molar-refractivity contribution is -0.116. The maximum Gasteiger partial charge on any atom is 0.226 e. The van der Waals surface area contributed by atoms with E-state index in [-0.39, 0.29) is 5.91 Å². The Morgan fingerprint density at radius 2 is 2.00 bits per heavy atom. The Labute approximate surface area is 185 Å². The number of aromatic nitrogens is 3. The second-order valence-electron chi connectivity index (χ2n) is 7.24. The molecule has 0 aliphatic carbocycles. The summed E-state index contributed by atoms with van der Waals surface area (Å²) >= 11 is 1.43. The van der Waals surface area contributed by atoms with Gasteiger partial charge in [0.15, 0.2) is 11.0 Å². The lowest BCUT2D eigenvalue weighted by Crippen LogP contribution is -2.12. The van der Waals surface area contributed by atoms with Gasteiger partial charge in [-0.2, -0.15) is 0 Å². The number of anilines is 1. The van der Waals surface area contributed by atoms with Crippen LogP contribution in [0.4, 0.5) is 5.13 Å². The van der Waals surface area contributed by atoms with Crippen LogP contribution in [0.15, 0.2) is 67.0 Å². The monoisotopic (exact) mass is 432 g/mol. The van der Waals surface area contributed by atoms with Crippen molar-refractivity contribution in [2.45, 2.75) is 19.8 Å². The van der Waals surface area contributed by atoms with Gasteiger partial charge in [0.25, 0.3) is 0 Å². The molecule has 0 spiro atoms. The van der Waals surface area contributed by atoms with Gasteiger partial charge in [-0.3, -0.25) is 4.79 Å². The topological polar surface area (TPSA) is 69.0 Å². The van der Waals surface area contributed by atoms with Gasteiger partial charge in [-0.15, -0.1) is 0 Å². The van der Waals surface area contributed by atoms with Crippen LogP contribution in [0, 0.1) is 6.92 Å². The minimum absolute atomic E-state index is 0.0763. The maximum atomic E-state index is 12.5. The number of hydrogen-bond donors (Lipinski definition) is 1. The molecule has 0 aliphatic rings. The summed E-state index contributed by atoms with van der Waals surface area (Å²) in [5.41, 5.74) is 2.96. The molecule has 4 aromatic rings. The number of ether oxygens (including phenoxy) is 1. The number of carbonyl (C=O) groups excluding carboxylic acids is 1. The predicted octanol–water partition coefficient (Wildman–Crippen LogP) is 5.32. The molecule has 158 valence electrons. The molecule has 0 saturated carbocycles. The lowest BCUT2D eigenvalue weighted by Gasteiger charge is -2.06. The molecule has 6 nitrogen and oxygen atoms in total. The van der Waals surface area contributed by atoms with Gasteiger partial charge < -0.3 is 14.6 Å². The summed E-state index contributed by atoms with van der Waals surface area (Å²) in [4.78, 5) is 22.6. The summed E-state index contributed by atoms with van der Waals surface area (Å²) in [5, 5.41) is 3.51. The Morgan fingerprint density at radius 3 is 2.74 bits per heavy atom. The van der Waals surface area contributed by atoms with Crippen LogP contribution in [-0.4, -0.2) is 27.0 Å². The number of carbonyl (C=O) groups is 1. The van der Waals surface area contributed by atoms with Crippen molar-refractivity contribution in [1.82, 2.24) is 14.5 Å². The second kappa shape index (κ2) is 9.57. The Kier molecular flexibility index (Phi) is 6.43. The van der Waals surface area contributed by atoms with E-state index in [0.29, 0.717) is 24.6 Å². The molecule has 2 heterocycles. The van der Waals surface area contributed by atoms with E-state index in [0.717, 1.165) is 33.3 Å². The van der Waals surface area contributed by atoms with Crippen LogP contribution in [0.1, 0.15) is 18.4 Å². The van der Waals surface area contributed by atoms with Crippen molar-refractivity contribution >= 4 is 22.4 Å². The third-order valence-electron chi connectivity index (χ3n) is 4.75. The smallest absolute Gasteiger partial charge is 0.226 e. The number of nitrogens with zero attached hydrogens (tertiary/aromatic N) is 3. The highest BCUT2D eigenvalue weighted by molar-refractivity contribution is 7.19. The molecule has 0 fully saturated rings. The van der Waals surface area contributed by atoms with Crippen LogP contribution < -0.4 is 10.1 Å². The normalized spacial score (nSPS) is 10.8. The van der Waals surface area contributed by atoms with Gasteiger partial charge in [-0.25, -0.2) is 9.97 Å². The standard InChI is InChI=1S/C24H24N4O2S/c1-17-8-6-11-19(16-17)30-15-7-12-20(29)26-24-27-21(18-9-4-3-5-10-18)22(31-24)23-25-13-14-28(23)2/h3-6,8-11,13-14,16H,7,12,15H2,1-2H3,(H,26,27,29). The number of aryl methyl sites for hydroxylation is 2. The molecule has 1 N–H and O–H groups in total. The van der Waals surface area contributed by atoms with Gasteiger partial charge in [0, 0.05) is 31.4 Å². The van der Waals surface area contributed by atoms with E-state index in [2.05, 4.69) is 10.3 Å². The van der Waals surface area contributed by atoms with Crippen LogP contribution in [0.2, 0.25) is 0 Å². The number of amides is 1. The molecule has 0 aliphatic heterocycles. The van der Waals surface area contributed by atoms with Crippen LogP contribution in [0.5, 0.6) is 5.75 Å². The van der Waals surface area contributed by atoms with E-state index in [1.807, 2.05) is 79.3 Å². The zero-order valence-corrected chi connectivity index (χ0v) is 18.4. The van der Waals surface area contributed by atoms with Crippen molar-refractivity contribution in [1.29, 1.82) is 0 Å². The number of rotatable bonds is 8. The van der Waals surface area contributed by atoms with Gasteiger partial charge in [0.05, 0.1) is 17.2 Å². The molecular weight excluding hydrogens is 408 g/mol. The highest BCUT2D eigenvalue weighted by atomic mass is 32.1. The Morgan fingerprint density at radius 1 is 1.16 bits per heavy atom. The van der Waals surface area contributed by atoms with E-state index in [1.165, 1.54) is 11.3 Å². The molecule has 2 aromatic heterocycles. The minimum atomic E-state index is -0.0763. The Bertz CT molecular complexity index is 1170. The van der Waals surface area contributed by atoms with Crippen molar-refractivity contribution in [3.63, 3.8) is 0 Å². The molecule has 0 saturated heterocycles. The summed E-state index contributed by atoms with van der Waals surface area (Å²) in [7, 11) is 1.95. The van der Waals surface area contributed by atoms with E-state index in [9.17, 15) is 4.79 Å². The third-order valence-corrected chi connectivity index (χ3v) is 5.72. The lowest BCUT2D eigenvalue weighted by atomic mass is 10.1. The third kappa shape index (κ3) is 5.19. The average Bonchev–Trinajstić information content (AvgIpc) is 3.37. The summed E-state index contributed by atoms with van der Waals surface area (Å²) in [5.74, 6) is 1.57. The minimum Gasteiger partial charge on any atom is -0.494 e. The van der Waals surface area contributed by atoms with Gasteiger partial charge in [0.2, 0.25) is 5.91 Å². The van der Waals surface area contributed by atoms with Crippen molar-refractivity contribution in [3.8, 4) is 27.7 Å². The molecule has 7 heteroatoms. The summed E-state index contributed by atoms with van der Waals surface area (Å²) in [6, 6.07) is 17.8. The number of hydrogen-bond acceptors (Lipinski definition) is 5. The summed E-state index contributed by atoms with van der Waals surface area (Å²) in [6.45, 7) is 2.51. The molecular formula is C24H24N4O2S. The van der Waals surface area contributed by atoms with E-state index in [1.54, 1.807) is 6.20 Å². The van der Waals surface area contributed by atoms with Crippen LogP contribution >= 0.6 is 11.3 Å². The largest absolute Gasteiger partial charge is 0.494 e. The van der Waals surface area contributed by atoms with Gasteiger partial charge in [0.1, 0.15) is 5.75 Å². The highest BCUT2D eigenvalue weighted by Crippen LogP contribution is 2.38. The zero-order valence-electron chi connectivity index (χ0n) is 17.5. The van der Waals surface area contributed by atoms with E-state index < -0.39 is 0 Å².